The Morgan fingerprint density at radius 3 is 2.87 bits per heavy atom. The van der Waals surface area contributed by atoms with E-state index >= 15 is 0 Å². The van der Waals surface area contributed by atoms with Crippen LogP contribution in [0.1, 0.15) is 32.3 Å². The Hall–Kier alpha value is -1.62. The molecule has 2 bridgehead atoms. The first-order valence-electron chi connectivity index (χ1n) is 8.27. The summed E-state index contributed by atoms with van der Waals surface area (Å²) < 4.78 is 0. The third-order valence-electron chi connectivity index (χ3n) is 4.78. The van der Waals surface area contributed by atoms with Gasteiger partial charge in [-0.25, -0.2) is 0 Å². The molecule has 0 aliphatic carbocycles. The Kier molecular flexibility index (Phi) is 4.85. The van der Waals surface area contributed by atoms with E-state index in [0.717, 1.165) is 18.4 Å². The largest absolute Gasteiger partial charge is 0.340 e. The molecule has 1 aromatic heterocycles. The molecule has 3 aliphatic rings. The van der Waals surface area contributed by atoms with E-state index in [0.29, 0.717) is 26.1 Å². The Morgan fingerprint density at radius 2 is 2.17 bits per heavy atom. The number of carbonyl (C=O) groups excluding carboxylic acids is 2. The highest BCUT2D eigenvalue weighted by Gasteiger charge is 2.41. The van der Waals surface area contributed by atoms with Crippen molar-refractivity contribution in [3.8, 4) is 0 Å². The molecule has 4 rings (SSSR count). The summed E-state index contributed by atoms with van der Waals surface area (Å²) >= 11 is 1.62. The van der Waals surface area contributed by atoms with E-state index in [1.54, 1.807) is 11.3 Å². The quantitative estimate of drug-likeness (QED) is 0.796. The van der Waals surface area contributed by atoms with Crippen LogP contribution in [0.2, 0.25) is 0 Å². The fourth-order valence-electron chi connectivity index (χ4n) is 3.44. The van der Waals surface area contributed by atoms with Crippen LogP contribution >= 0.6 is 11.3 Å². The molecule has 0 spiro atoms. The van der Waals surface area contributed by atoms with Gasteiger partial charge in [-0.05, 0) is 49.1 Å². The third-order valence-corrected chi connectivity index (χ3v) is 5.51. The van der Waals surface area contributed by atoms with Crippen molar-refractivity contribution in [1.82, 2.24) is 9.80 Å². The van der Waals surface area contributed by atoms with Crippen molar-refractivity contribution in [1.29, 1.82) is 0 Å². The number of amides is 2. The van der Waals surface area contributed by atoms with E-state index in [2.05, 4.69) is 19.9 Å². The van der Waals surface area contributed by atoms with Crippen LogP contribution in [0.4, 0.5) is 0 Å². The van der Waals surface area contributed by atoms with Gasteiger partial charge in [0.1, 0.15) is 0 Å². The summed E-state index contributed by atoms with van der Waals surface area (Å²) in [6.07, 6.45) is 4.48. The van der Waals surface area contributed by atoms with E-state index in [1.165, 1.54) is 5.57 Å². The number of allylic oxidation sites excluding steroid dienone is 1. The van der Waals surface area contributed by atoms with Crippen molar-refractivity contribution in [3.63, 3.8) is 0 Å². The minimum absolute atomic E-state index is 0.0225. The molecule has 0 saturated carbocycles. The molecule has 3 saturated heterocycles. The Morgan fingerprint density at radius 1 is 1.35 bits per heavy atom. The molecule has 0 radical (unpaired) electrons. The molecule has 23 heavy (non-hydrogen) atoms. The zero-order valence-corrected chi connectivity index (χ0v) is 14.6. The van der Waals surface area contributed by atoms with Gasteiger partial charge in [-0.1, -0.05) is 11.6 Å². The predicted molar refractivity (Wildman–Crippen MR) is 92.3 cm³/mol. The smallest absolute Gasteiger partial charge is 0.228 e. The molecule has 0 unspecified atom stereocenters. The molecule has 3 fully saturated rings. The Bertz CT molecular complexity index is 605. The highest BCUT2D eigenvalue weighted by Crippen LogP contribution is 2.29. The van der Waals surface area contributed by atoms with Crippen LogP contribution in [0, 0.1) is 5.92 Å². The van der Waals surface area contributed by atoms with Gasteiger partial charge >= 0.3 is 0 Å². The Balaban J connectivity index is 1.71. The number of piperidine rings is 1. The van der Waals surface area contributed by atoms with Crippen LogP contribution < -0.4 is 0 Å². The maximum absolute atomic E-state index is 12.7. The predicted octanol–water partition coefficient (Wildman–Crippen LogP) is 2.71. The zero-order valence-electron chi connectivity index (χ0n) is 13.8. The topological polar surface area (TPSA) is 40.6 Å². The van der Waals surface area contributed by atoms with Crippen LogP contribution in [0.15, 0.2) is 28.5 Å². The molecular formula is C18H24N2O2S. The van der Waals surface area contributed by atoms with Gasteiger partial charge in [0.2, 0.25) is 11.8 Å². The molecule has 2 atom stereocenters. The maximum atomic E-state index is 12.7. The first kappa shape index (κ1) is 16.2. The zero-order chi connectivity index (χ0) is 16.4. The minimum atomic E-state index is -0.0225. The van der Waals surface area contributed by atoms with Gasteiger partial charge in [0.05, 0.1) is 12.3 Å². The van der Waals surface area contributed by atoms with Crippen molar-refractivity contribution < 1.29 is 9.59 Å². The number of fused-ring (bicyclic) bond motifs is 4. The molecule has 4 nitrogen and oxygen atoms in total. The molecule has 2 amide bonds. The van der Waals surface area contributed by atoms with Crippen LogP contribution in [0.5, 0.6) is 0 Å². The van der Waals surface area contributed by atoms with Gasteiger partial charge in [0, 0.05) is 25.7 Å². The fraction of sp³-hybridized carbons (Fsp3) is 0.556. The van der Waals surface area contributed by atoms with Crippen molar-refractivity contribution in [2.24, 2.45) is 5.92 Å². The van der Waals surface area contributed by atoms with Crippen LogP contribution in [0.3, 0.4) is 0 Å². The SMILES string of the molecule is CC(C)=CCN1C(=O)[C@H]2CC[C@@H]1CN(C(=O)Cc1ccsc1)C2. The number of nitrogens with zero attached hydrogens (tertiary/aromatic N) is 2. The number of hydrogen-bond acceptors (Lipinski definition) is 3. The summed E-state index contributed by atoms with van der Waals surface area (Å²) in [6, 6.07) is 2.17. The van der Waals surface area contributed by atoms with Crippen LogP contribution in [-0.4, -0.2) is 47.3 Å². The van der Waals surface area contributed by atoms with E-state index in [1.807, 2.05) is 26.6 Å². The highest BCUT2D eigenvalue weighted by atomic mass is 32.1. The summed E-state index contributed by atoms with van der Waals surface area (Å²) in [6.45, 7) is 6.05. The van der Waals surface area contributed by atoms with Crippen molar-refractivity contribution in [3.05, 3.63) is 34.0 Å². The number of hydrogen-bond donors (Lipinski definition) is 0. The second kappa shape index (κ2) is 6.87. The lowest BCUT2D eigenvalue weighted by Gasteiger charge is -2.35. The third kappa shape index (κ3) is 3.66. The number of rotatable bonds is 4. The average Bonchev–Trinajstić information content (AvgIpc) is 2.86. The minimum Gasteiger partial charge on any atom is -0.340 e. The molecule has 3 aliphatic heterocycles. The number of thiophene rings is 1. The van der Waals surface area contributed by atoms with E-state index < -0.39 is 0 Å². The Labute approximate surface area is 141 Å². The average molecular weight is 332 g/mol. The van der Waals surface area contributed by atoms with E-state index in [4.69, 9.17) is 0 Å². The summed E-state index contributed by atoms with van der Waals surface area (Å²) in [5, 5.41) is 4.02. The monoisotopic (exact) mass is 332 g/mol. The summed E-state index contributed by atoms with van der Waals surface area (Å²) in [7, 11) is 0. The number of carbonyl (C=O) groups is 2. The van der Waals surface area contributed by atoms with Gasteiger partial charge in [0.25, 0.3) is 0 Å². The second-order valence-electron chi connectivity index (χ2n) is 6.81. The first-order chi connectivity index (χ1) is 11.0. The molecule has 0 aromatic carbocycles. The lowest BCUT2D eigenvalue weighted by molar-refractivity contribution is -0.139. The maximum Gasteiger partial charge on any atom is 0.228 e. The molecule has 4 heterocycles. The lowest BCUT2D eigenvalue weighted by atomic mass is 9.94. The molecule has 124 valence electrons. The van der Waals surface area contributed by atoms with Gasteiger partial charge in [-0.15, -0.1) is 0 Å². The second-order valence-corrected chi connectivity index (χ2v) is 7.59. The van der Waals surface area contributed by atoms with Gasteiger partial charge in [0.15, 0.2) is 0 Å². The van der Waals surface area contributed by atoms with Crippen molar-refractivity contribution in [2.45, 2.75) is 39.2 Å². The summed E-state index contributed by atoms with van der Waals surface area (Å²) in [5.41, 5.74) is 2.30. The van der Waals surface area contributed by atoms with Crippen LogP contribution in [-0.2, 0) is 16.0 Å². The molecule has 0 N–H and O–H groups in total. The van der Waals surface area contributed by atoms with E-state index in [9.17, 15) is 9.59 Å². The fourth-order valence-corrected chi connectivity index (χ4v) is 4.11. The molecular weight excluding hydrogens is 308 g/mol. The van der Waals surface area contributed by atoms with Crippen molar-refractivity contribution in [2.75, 3.05) is 19.6 Å². The standard InChI is InChI=1S/C18H24N2O2S/c1-13(2)5-7-20-16-4-3-15(18(20)22)10-19(11-16)17(21)9-14-6-8-23-12-14/h5-6,8,12,15-16H,3-4,7,9-11H2,1-2H3/t15-,16+/m0/s1. The van der Waals surface area contributed by atoms with Crippen molar-refractivity contribution >= 4 is 23.2 Å². The first-order valence-corrected chi connectivity index (χ1v) is 9.21. The summed E-state index contributed by atoms with van der Waals surface area (Å²) in [4.78, 5) is 29.2. The summed E-state index contributed by atoms with van der Waals surface area (Å²) in [5.74, 6) is 0.354. The van der Waals surface area contributed by atoms with Crippen LogP contribution in [0.25, 0.3) is 0 Å². The van der Waals surface area contributed by atoms with Gasteiger partial charge in [-0.3, -0.25) is 9.59 Å². The normalized spacial score (nSPS) is 23.8. The lowest BCUT2D eigenvalue weighted by Crippen LogP contribution is -2.48. The van der Waals surface area contributed by atoms with Gasteiger partial charge in [-0.2, -0.15) is 11.3 Å². The van der Waals surface area contributed by atoms with E-state index in [-0.39, 0.29) is 23.8 Å². The highest BCUT2D eigenvalue weighted by molar-refractivity contribution is 7.08. The molecule has 5 heteroatoms. The molecule has 1 aromatic rings. The van der Waals surface area contributed by atoms with Gasteiger partial charge < -0.3 is 9.80 Å².